The SMILES string of the molecule is O=C(Nc1ccc(F)c(Cl)c1)c1ccc2c(c1)CCCN2C(=O)c1ccccc1. The van der Waals surface area contributed by atoms with E-state index in [1.807, 2.05) is 24.3 Å². The maximum atomic E-state index is 13.3. The lowest BCUT2D eigenvalue weighted by atomic mass is 9.98. The second-order valence-corrected chi connectivity index (χ2v) is 7.26. The number of aryl methyl sites for hydroxylation is 1. The van der Waals surface area contributed by atoms with Crippen LogP contribution in [0.3, 0.4) is 0 Å². The average Bonchev–Trinajstić information content (AvgIpc) is 2.75. The number of carbonyl (C=O) groups is 2. The van der Waals surface area contributed by atoms with Gasteiger partial charge in [-0.3, -0.25) is 9.59 Å². The van der Waals surface area contributed by atoms with Crippen molar-refractivity contribution in [3.63, 3.8) is 0 Å². The van der Waals surface area contributed by atoms with Crippen molar-refractivity contribution < 1.29 is 14.0 Å². The fraction of sp³-hybridized carbons (Fsp3) is 0.130. The highest BCUT2D eigenvalue weighted by Crippen LogP contribution is 2.30. The molecule has 0 saturated carbocycles. The number of hydrogen-bond acceptors (Lipinski definition) is 2. The van der Waals surface area contributed by atoms with Crippen molar-refractivity contribution in [3.05, 3.63) is 94.3 Å². The summed E-state index contributed by atoms with van der Waals surface area (Å²) in [6, 6.07) is 18.5. The molecule has 4 nitrogen and oxygen atoms in total. The smallest absolute Gasteiger partial charge is 0.258 e. The van der Waals surface area contributed by atoms with Crippen LogP contribution >= 0.6 is 11.6 Å². The van der Waals surface area contributed by atoms with Gasteiger partial charge in [-0.15, -0.1) is 0 Å². The van der Waals surface area contributed by atoms with E-state index in [1.54, 1.807) is 29.2 Å². The molecule has 0 aliphatic carbocycles. The van der Waals surface area contributed by atoms with Gasteiger partial charge >= 0.3 is 0 Å². The molecule has 4 rings (SSSR count). The minimum Gasteiger partial charge on any atom is -0.322 e. The summed E-state index contributed by atoms with van der Waals surface area (Å²) in [5.41, 5.74) is 3.30. The van der Waals surface area contributed by atoms with E-state index in [2.05, 4.69) is 5.32 Å². The van der Waals surface area contributed by atoms with Crippen LogP contribution in [0.4, 0.5) is 15.8 Å². The second kappa shape index (κ2) is 8.05. The predicted molar refractivity (Wildman–Crippen MR) is 112 cm³/mol. The lowest BCUT2D eigenvalue weighted by molar-refractivity contribution is 0.0984. The monoisotopic (exact) mass is 408 g/mol. The molecule has 3 aromatic carbocycles. The number of halogens is 2. The van der Waals surface area contributed by atoms with Gasteiger partial charge in [0.25, 0.3) is 11.8 Å². The van der Waals surface area contributed by atoms with Crippen LogP contribution in [0.2, 0.25) is 5.02 Å². The normalized spacial score (nSPS) is 13.0. The summed E-state index contributed by atoms with van der Waals surface area (Å²) in [7, 11) is 0. The third-order valence-corrected chi connectivity index (χ3v) is 5.19. The molecule has 3 aromatic rings. The van der Waals surface area contributed by atoms with Gasteiger partial charge < -0.3 is 10.2 Å². The molecule has 0 fully saturated rings. The molecule has 2 amide bonds. The lowest BCUT2D eigenvalue weighted by Gasteiger charge is -2.30. The number of rotatable bonds is 3. The zero-order chi connectivity index (χ0) is 20.4. The van der Waals surface area contributed by atoms with Crippen LogP contribution in [0.25, 0.3) is 0 Å². The summed E-state index contributed by atoms with van der Waals surface area (Å²) < 4.78 is 13.3. The molecule has 1 heterocycles. The van der Waals surface area contributed by atoms with E-state index in [4.69, 9.17) is 11.6 Å². The van der Waals surface area contributed by atoms with E-state index < -0.39 is 5.82 Å². The Kier molecular flexibility index (Phi) is 5.32. The Morgan fingerprint density at radius 3 is 2.52 bits per heavy atom. The molecule has 0 atom stereocenters. The maximum Gasteiger partial charge on any atom is 0.258 e. The molecule has 0 spiro atoms. The Morgan fingerprint density at radius 2 is 1.76 bits per heavy atom. The third-order valence-electron chi connectivity index (χ3n) is 4.90. The molecule has 1 aliphatic rings. The molecule has 0 aromatic heterocycles. The summed E-state index contributed by atoms with van der Waals surface area (Å²) in [6.07, 6.45) is 1.61. The van der Waals surface area contributed by atoms with Crippen molar-refractivity contribution in [2.45, 2.75) is 12.8 Å². The molecule has 1 aliphatic heterocycles. The highest BCUT2D eigenvalue weighted by atomic mass is 35.5. The number of benzene rings is 3. The molecule has 0 unspecified atom stereocenters. The van der Waals surface area contributed by atoms with E-state index >= 15 is 0 Å². The number of hydrogen-bond donors (Lipinski definition) is 1. The molecule has 146 valence electrons. The second-order valence-electron chi connectivity index (χ2n) is 6.85. The molecule has 29 heavy (non-hydrogen) atoms. The number of carbonyl (C=O) groups excluding carboxylic acids is 2. The van der Waals surface area contributed by atoms with Crippen molar-refractivity contribution in [2.24, 2.45) is 0 Å². The van der Waals surface area contributed by atoms with Crippen LogP contribution in [0.5, 0.6) is 0 Å². The molecule has 0 bridgehead atoms. The first kappa shape index (κ1) is 19.2. The van der Waals surface area contributed by atoms with E-state index in [0.717, 1.165) is 24.1 Å². The Labute approximate surface area is 172 Å². The fourth-order valence-electron chi connectivity index (χ4n) is 3.46. The van der Waals surface area contributed by atoms with E-state index in [9.17, 15) is 14.0 Å². The van der Waals surface area contributed by atoms with Gasteiger partial charge in [-0.25, -0.2) is 4.39 Å². The minimum atomic E-state index is -0.540. The van der Waals surface area contributed by atoms with Crippen LogP contribution in [-0.4, -0.2) is 18.4 Å². The quantitative estimate of drug-likeness (QED) is 0.637. The summed E-state index contributed by atoms with van der Waals surface area (Å²) >= 11 is 5.77. The lowest BCUT2D eigenvalue weighted by Crippen LogP contribution is -2.35. The highest BCUT2D eigenvalue weighted by molar-refractivity contribution is 6.31. The number of anilines is 2. The summed E-state index contributed by atoms with van der Waals surface area (Å²) in [4.78, 5) is 27.2. The summed E-state index contributed by atoms with van der Waals surface area (Å²) in [5, 5.41) is 2.67. The van der Waals surface area contributed by atoms with Gasteiger partial charge in [-0.1, -0.05) is 29.8 Å². The van der Waals surface area contributed by atoms with Crippen molar-refractivity contribution >= 4 is 34.8 Å². The Morgan fingerprint density at radius 1 is 0.966 bits per heavy atom. The predicted octanol–water partition coefficient (Wildman–Crippen LogP) is 5.32. The number of nitrogens with zero attached hydrogens (tertiary/aromatic N) is 1. The topological polar surface area (TPSA) is 49.4 Å². The van der Waals surface area contributed by atoms with Crippen molar-refractivity contribution in [1.82, 2.24) is 0 Å². The molecule has 0 saturated heterocycles. The zero-order valence-electron chi connectivity index (χ0n) is 15.5. The van der Waals surface area contributed by atoms with Crippen molar-refractivity contribution in [1.29, 1.82) is 0 Å². The number of fused-ring (bicyclic) bond motifs is 1. The standard InChI is InChI=1S/C23H18ClFN2O2/c24-19-14-18(9-10-20(19)25)26-22(28)17-8-11-21-16(13-17)7-4-12-27(21)23(29)15-5-2-1-3-6-15/h1-3,5-6,8-11,13-14H,4,7,12H2,(H,26,28). The minimum absolute atomic E-state index is 0.0512. The van der Waals surface area contributed by atoms with Crippen LogP contribution < -0.4 is 10.2 Å². The summed E-state index contributed by atoms with van der Waals surface area (Å²) in [6.45, 7) is 0.639. The molecular formula is C23H18ClFN2O2. The van der Waals surface area contributed by atoms with Crippen molar-refractivity contribution in [2.75, 3.05) is 16.8 Å². The van der Waals surface area contributed by atoms with Gasteiger partial charge in [0.15, 0.2) is 0 Å². The van der Waals surface area contributed by atoms with Gasteiger partial charge in [-0.05, 0) is 66.9 Å². The Bertz CT molecular complexity index is 1090. The van der Waals surface area contributed by atoms with Gasteiger partial charge in [0.1, 0.15) is 5.82 Å². The first-order valence-electron chi connectivity index (χ1n) is 9.29. The zero-order valence-corrected chi connectivity index (χ0v) is 16.2. The van der Waals surface area contributed by atoms with E-state index in [-0.39, 0.29) is 16.8 Å². The Balaban J connectivity index is 1.57. The summed E-state index contributed by atoms with van der Waals surface area (Å²) in [5.74, 6) is -0.909. The largest absolute Gasteiger partial charge is 0.322 e. The van der Waals surface area contributed by atoms with Crippen LogP contribution in [0.1, 0.15) is 32.7 Å². The molecular weight excluding hydrogens is 391 g/mol. The van der Waals surface area contributed by atoms with E-state index in [1.165, 1.54) is 18.2 Å². The van der Waals surface area contributed by atoms with Gasteiger partial charge in [-0.2, -0.15) is 0 Å². The van der Waals surface area contributed by atoms with Crippen molar-refractivity contribution in [3.8, 4) is 0 Å². The van der Waals surface area contributed by atoms with Crippen LogP contribution in [0.15, 0.2) is 66.7 Å². The van der Waals surface area contributed by atoms with Crippen LogP contribution in [0, 0.1) is 5.82 Å². The number of nitrogens with one attached hydrogen (secondary N) is 1. The van der Waals surface area contributed by atoms with E-state index in [0.29, 0.717) is 23.4 Å². The average molecular weight is 409 g/mol. The molecule has 1 N–H and O–H groups in total. The highest BCUT2D eigenvalue weighted by Gasteiger charge is 2.24. The fourth-order valence-corrected chi connectivity index (χ4v) is 3.64. The van der Waals surface area contributed by atoms with Gasteiger partial charge in [0.05, 0.1) is 5.02 Å². The number of amides is 2. The first-order chi connectivity index (χ1) is 14.0. The third kappa shape index (κ3) is 4.00. The van der Waals surface area contributed by atoms with Crippen LogP contribution in [-0.2, 0) is 6.42 Å². The van der Waals surface area contributed by atoms with Gasteiger partial charge in [0.2, 0.25) is 0 Å². The maximum absolute atomic E-state index is 13.3. The molecule has 0 radical (unpaired) electrons. The Hall–Kier alpha value is -3.18. The molecule has 6 heteroatoms. The first-order valence-corrected chi connectivity index (χ1v) is 9.67. The van der Waals surface area contributed by atoms with Gasteiger partial charge in [0, 0.05) is 29.0 Å².